The predicted octanol–water partition coefficient (Wildman–Crippen LogP) is 4.73. The maximum absolute atomic E-state index is 12.5. The number of esters is 1. The van der Waals surface area contributed by atoms with E-state index in [0.29, 0.717) is 12.0 Å². The number of hydrogen-bond acceptors (Lipinski definition) is 3. The molecule has 3 heteroatoms. The molecular formula is C25H20O3. The molecule has 138 valence electrons. The minimum atomic E-state index is -0.835. The molecule has 0 aromatic heterocycles. The minimum absolute atomic E-state index is 0.188. The SMILES string of the molecule is O=C(O[C@@H]1CC(c2ccccc2)(c2ccccc2)C=CC1=O)c1ccccc1. The third-order valence-corrected chi connectivity index (χ3v) is 5.19. The Kier molecular flexibility index (Phi) is 4.90. The highest BCUT2D eigenvalue weighted by Gasteiger charge is 2.41. The maximum Gasteiger partial charge on any atom is 0.338 e. The lowest BCUT2D eigenvalue weighted by atomic mass is 9.68. The van der Waals surface area contributed by atoms with Gasteiger partial charge in [-0.1, -0.05) is 84.9 Å². The number of carbonyl (C=O) groups excluding carboxylic acids is 2. The van der Waals surface area contributed by atoms with E-state index in [1.165, 1.54) is 0 Å². The highest BCUT2D eigenvalue weighted by molar-refractivity contribution is 5.98. The quantitative estimate of drug-likeness (QED) is 0.626. The Hall–Kier alpha value is -3.46. The van der Waals surface area contributed by atoms with Crippen molar-refractivity contribution in [3.63, 3.8) is 0 Å². The molecule has 0 amide bonds. The zero-order chi connectivity index (χ0) is 19.4. The largest absolute Gasteiger partial charge is 0.450 e. The summed E-state index contributed by atoms with van der Waals surface area (Å²) < 4.78 is 5.65. The van der Waals surface area contributed by atoms with Crippen LogP contribution in [-0.4, -0.2) is 17.9 Å². The zero-order valence-electron chi connectivity index (χ0n) is 15.3. The predicted molar refractivity (Wildman–Crippen MR) is 108 cm³/mol. The van der Waals surface area contributed by atoms with Crippen molar-refractivity contribution >= 4 is 11.8 Å². The fraction of sp³-hybridized carbons (Fsp3) is 0.120. The maximum atomic E-state index is 12.5. The molecule has 1 aliphatic carbocycles. The van der Waals surface area contributed by atoms with Gasteiger partial charge in [-0.2, -0.15) is 0 Å². The third kappa shape index (κ3) is 3.39. The average Bonchev–Trinajstić information content (AvgIpc) is 2.77. The molecule has 3 aromatic rings. The molecule has 0 bridgehead atoms. The molecule has 0 radical (unpaired) electrons. The van der Waals surface area contributed by atoms with Gasteiger partial charge >= 0.3 is 5.97 Å². The number of carbonyl (C=O) groups is 2. The van der Waals surface area contributed by atoms with Gasteiger partial charge in [-0.25, -0.2) is 4.79 Å². The normalized spacial score (nSPS) is 17.9. The van der Waals surface area contributed by atoms with Crippen molar-refractivity contribution in [1.82, 2.24) is 0 Å². The first-order valence-corrected chi connectivity index (χ1v) is 9.29. The Labute approximate surface area is 164 Å². The summed E-state index contributed by atoms with van der Waals surface area (Å²) in [7, 11) is 0. The molecule has 0 aliphatic heterocycles. The van der Waals surface area contributed by atoms with Crippen molar-refractivity contribution in [2.24, 2.45) is 0 Å². The molecule has 1 aliphatic rings. The van der Waals surface area contributed by atoms with E-state index in [1.54, 1.807) is 30.3 Å². The smallest absolute Gasteiger partial charge is 0.338 e. The summed E-state index contributed by atoms with van der Waals surface area (Å²) in [6.07, 6.45) is 3.02. The second-order valence-electron chi connectivity index (χ2n) is 6.90. The Morgan fingerprint density at radius 2 is 1.29 bits per heavy atom. The first-order chi connectivity index (χ1) is 13.7. The number of benzene rings is 3. The van der Waals surface area contributed by atoms with E-state index in [-0.39, 0.29) is 5.78 Å². The first-order valence-electron chi connectivity index (χ1n) is 9.29. The van der Waals surface area contributed by atoms with Crippen molar-refractivity contribution < 1.29 is 14.3 Å². The Balaban J connectivity index is 1.71. The van der Waals surface area contributed by atoms with E-state index >= 15 is 0 Å². The number of rotatable bonds is 4. The molecule has 3 nitrogen and oxygen atoms in total. The van der Waals surface area contributed by atoms with Crippen LogP contribution in [-0.2, 0) is 14.9 Å². The Bertz CT molecular complexity index is 952. The first kappa shape index (κ1) is 17.9. The van der Waals surface area contributed by atoms with E-state index in [4.69, 9.17) is 4.74 Å². The average molecular weight is 368 g/mol. The summed E-state index contributed by atoms with van der Waals surface area (Å²) in [5, 5.41) is 0. The summed E-state index contributed by atoms with van der Waals surface area (Å²) in [5.74, 6) is -0.670. The fourth-order valence-electron chi connectivity index (χ4n) is 3.73. The standard InChI is InChI=1S/C25H20O3/c26-22-16-17-25(20-12-6-2-7-13-20,21-14-8-3-9-15-21)18-23(22)28-24(27)19-10-4-1-5-11-19/h1-17,23H,18H2/t23-/m1/s1. The topological polar surface area (TPSA) is 43.4 Å². The molecule has 28 heavy (non-hydrogen) atoms. The summed E-state index contributed by atoms with van der Waals surface area (Å²) >= 11 is 0. The van der Waals surface area contributed by atoms with Crippen molar-refractivity contribution in [1.29, 1.82) is 0 Å². The molecule has 0 saturated carbocycles. The van der Waals surface area contributed by atoms with Gasteiger partial charge in [0, 0.05) is 11.8 Å². The summed E-state index contributed by atoms with van der Waals surface area (Å²) in [5.41, 5.74) is 2.03. The molecule has 4 rings (SSSR count). The number of allylic oxidation sites excluding steroid dienone is 1. The number of ether oxygens (including phenoxy) is 1. The van der Waals surface area contributed by atoms with Crippen LogP contribution >= 0.6 is 0 Å². The molecule has 0 spiro atoms. The van der Waals surface area contributed by atoms with Crippen molar-refractivity contribution in [3.8, 4) is 0 Å². The molecule has 0 N–H and O–H groups in total. The monoisotopic (exact) mass is 368 g/mol. The summed E-state index contributed by atoms with van der Waals surface area (Å²) in [6, 6.07) is 28.8. The molecule has 0 unspecified atom stereocenters. The van der Waals surface area contributed by atoms with E-state index in [0.717, 1.165) is 11.1 Å². The van der Waals surface area contributed by atoms with Crippen LogP contribution in [0, 0.1) is 0 Å². The highest BCUT2D eigenvalue weighted by atomic mass is 16.5. The summed E-state index contributed by atoms with van der Waals surface area (Å²) in [4.78, 5) is 25.1. The third-order valence-electron chi connectivity index (χ3n) is 5.19. The van der Waals surface area contributed by atoms with E-state index in [9.17, 15) is 9.59 Å². The van der Waals surface area contributed by atoms with Crippen LogP contribution < -0.4 is 0 Å². The molecule has 0 heterocycles. The molecule has 1 atom stereocenters. The van der Waals surface area contributed by atoms with Gasteiger partial charge in [-0.15, -0.1) is 0 Å². The molecule has 3 aromatic carbocycles. The Morgan fingerprint density at radius 1 is 0.786 bits per heavy atom. The fourth-order valence-corrected chi connectivity index (χ4v) is 3.73. The summed E-state index contributed by atoms with van der Waals surface area (Å²) in [6.45, 7) is 0. The van der Waals surface area contributed by atoms with Crippen LogP contribution in [0.2, 0.25) is 0 Å². The minimum Gasteiger partial charge on any atom is -0.450 e. The van der Waals surface area contributed by atoms with Crippen molar-refractivity contribution in [3.05, 3.63) is 120 Å². The van der Waals surface area contributed by atoms with Crippen LogP contribution in [0.3, 0.4) is 0 Å². The lowest BCUT2D eigenvalue weighted by Crippen LogP contribution is -2.40. The number of hydrogen-bond donors (Lipinski definition) is 0. The van der Waals surface area contributed by atoms with Gasteiger partial charge in [0.2, 0.25) is 0 Å². The molecule has 0 fully saturated rings. The van der Waals surface area contributed by atoms with Crippen LogP contribution in [0.1, 0.15) is 27.9 Å². The van der Waals surface area contributed by atoms with E-state index in [2.05, 4.69) is 0 Å². The van der Waals surface area contributed by atoms with Gasteiger partial charge in [0.15, 0.2) is 11.9 Å². The van der Waals surface area contributed by atoms with Crippen LogP contribution in [0.4, 0.5) is 0 Å². The van der Waals surface area contributed by atoms with E-state index < -0.39 is 17.5 Å². The van der Waals surface area contributed by atoms with Crippen LogP contribution in [0.5, 0.6) is 0 Å². The van der Waals surface area contributed by atoms with Crippen molar-refractivity contribution in [2.45, 2.75) is 17.9 Å². The van der Waals surface area contributed by atoms with Gasteiger partial charge in [0.1, 0.15) is 0 Å². The lowest BCUT2D eigenvalue weighted by Gasteiger charge is -2.37. The van der Waals surface area contributed by atoms with Gasteiger partial charge in [-0.3, -0.25) is 4.79 Å². The zero-order valence-corrected chi connectivity index (χ0v) is 15.3. The van der Waals surface area contributed by atoms with Gasteiger partial charge < -0.3 is 4.74 Å². The van der Waals surface area contributed by atoms with Crippen molar-refractivity contribution in [2.75, 3.05) is 0 Å². The second kappa shape index (κ2) is 7.65. The molecular weight excluding hydrogens is 348 g/mol. The van der Waals surface area contributed by atoms with Gasteiger partial charge in [0.05, 0.1) is 5.56 Å². The van der Waals surface area contributed by atoms with Crippen LogP contribution in [0.15, 0.2) is 103 Å². The van der Waals surface area contributed by atoms with Gasteiger partial charge in [0.25, 0.3) is 0 Å². The van der Waals surface area contributed by atoms with Crippen LogP contribution in [0.25, 0.3) is 0 Å². The van der Waals surface area contributed by atoms with E-state index in [1.807, 2.05) is 72.8 Å². The Morgan fingerprint density at radius 3 is 1.82 bits per heavy atom. The molecule has 0 saturated heterocycles. The lowest BCUT2D eigenvalue weighted by molar-refractivity contribution is -0.124. The number of ketones is 1. The second-order valence-corrected chi connectivity index (χ2v) is 6.90. The van der Waals surface area contributed by atoms with Gasteiger partial charge in [-0.05, 0) is 29.3 Å². The highest BCUT2D eigenvalue weighted by Crippen LogP contribution is 2.41.